The average Bonchev–Trinajstić information content (AvgIpc) is 2.89. The smallest absolute Gasteiger partial charge is 0.349 e. The number of esters is 2. The van der Waals surface area contributed by atoms with Crippen LogP contribution in [0.2, 0.25) is 0 Å². The predicted octanol–water partition coefficient (Wildman–Crippen LogP) is 2.85. The number of hydrogen-bond acceptors (Lipinski definition) is 7. The maximum Gasteiger partial charge on any atom is 0.349 e. The molecule has 1 amide bonds. The Labute approximate surface area is 201 Å². The second-order valence-corrected chi connectivity index (χ2v) is 7.25. The molecule has 9 heteroatoms. The van der Waals surface area contributed by atoms with E-state index in [-0.39, 0.29) is 17.7 Å². The highest BCUT2D eigenvalue weighted by atomic mass is 16.6. The van der Waals surface area contributed by atoms with Crippen LogP contribution in [0.25, 0.3) is 0 Å². The third-order valence-corrected chi connectivity index (χ3v) is 4.91. The second kappa shape index (κ2) is 12.0. The van der Waals surface area contributed by atoms with Crippen molar-refractivity contribution in [3.63, 3.8) is 0 Å². The van der Waals surface area contributed by atoms with E-state index >= 15 is 0 Å². The van der Waals surface area contributed by atoms with Crippen molar-refractivity contribution >= 4 is 23.8 Å². The summed E-state index contributed by atoms with van der Waals surface area (Å²) in [5, 5.41) is 12.3. The monoisotopic (exact) mass is 477 g/mol. The highest BCUT2D eigenvalue weighted by Gasteiger charge is 2.40. The third kappa shape index (κ3) is 6.67. The van der Waals surface area contributed by atoms with Gasteiger partial charge in [-0.3, -0.25) is 4.79 Å². The zero-order valence-corrected chi connectivity index (χ0v) is 18.7. The Morgan fingerprint density at radius 1 is 0.743 bits per heavy atom. The van der Waals surface area contributed by atoms with Crippen molar-refractivity contribution in [3.05, 3.63) is 102 Å². The maximum absolute atomic E-state index is 13.1. The molecular weight excluding hydrogens is 454 g/mol. The number of para-hydroxylation sites is 1. The molecule has 0 saturated carbocycles. The number of aliphatic carboxylic acids is 1. The lowest BCUT2D eigenvalue weighted by atomic mass is 10.1. The highest BCUT2D eigenvalue weighted by molar-refractivity contribution is 5.96. The Morgan fingerprint density at radius 2 is 1.23 bits per heavy atom. The van der Waals surface area contributed by atoms with Gasteiger partial charge >= 0.3 is 17.9 Å². The van der Waals surface area contributed by atoms with Gasteiger partial charge < -0.3 is 24.6 Å². The first-order valence-corrected chi connectivity index (χ1v) is 10.5. The Hall–Kier alpha value is -4.66. The second-order valence-electron chi connectivity index (χ2n) is 7.25. The fraction of sp³-hybridized carbons (Fsp3) is 0.154. The first kappa shape index (κ1) is 25.0. The fourth-order valence-electron chi connectivity index (χ4n) is 3.14. The molecular formula is C26H23NO8. The minimum Gasteiger partial charge on any atom is -0.496 e. The first-order valence-electron chi connectivity index (χ1n) is 10.5. The number of carboxylic acid groups (broad SMARTS) is 1. The van der Waals surface area contributed by atoms with Gasteiger partial charge in [0.15, 0.2) is 0 Å². The van der Waals surface area contributed by atoms with Crippen molar-refractivity contribution in [1.82, 2.24) is 5.32 Å². The van der Waals surface area contributed by atoms with Crippen LogP contribution in [0.1, 0.15) is 26.3 Å². The van der Waals surface area contributed by atoms with Crippen LogP contribution >= 0.6 is 0 Å². The van der Waals surface area contributed by atoms with Gasteiger partial charge in [-0.25, -0.2) is 14.4 Å². The molecule has 3 rings (SSSR count). The molecule has 0 aromatic heterocycles. The van der Waals surface area contributed by atoms with E-state index in [9.17, 15) is 24.3 Å². The van der Waals surface area contributed by atoms with Crippen LogP contribution in [-0.2, 0) is 25.6 Å². The molecule has 0 spiro atoms. The highest BCUT2D eigenvalue weighted by Crippen LogP contribution is 2.18. The molecule has 9 nitrogen and oxygen atoms in total. The van der Waals surface area contributed by atoms with Crippen LogP contribution in [0.4, 0.5) is 0 Å². The number of carboxylic acids is 1. The molecule has 3 aromatic carbocycles. The van der Waals surface area contributed by atoms with Gasteiger partial charge in [-0.15, -0.1) is 0 Å². The number of amides is 1. The standard InChI is InChI=1S/C26H23NO8/c1-33-20-15-9-8-14-19(20)16-27-23(28)21(34-25(31)17-10-4-2-5-11-17)22(24(29)30)35-26(32)18-12-6-3-7-13-18/h2-15,21-22H,16H2,1H3,(H,27,28)(H,29,30). The van der Waals surface area contributed by atoms with Crippen molar-refractivity contribution in [2.75, 3.05) is 7.11 Å². The van der Waals surface area contributed by atoms with Gasteiger partial charge in [0.1, 0.15) is 5.75 Å². The van der Waals surface area contributed by atoms with Gasteiger partial charge in [0, 0.05) is 12.1 Å². The SMILES string of the molecule is COc1ccccc1CNC(=O)C(OC(=O)c1ccccc1)C(OC(=O)c1ccccc1)C(=O)O. The molecule has 0 heterocycles. The van der Waals surface area contributed by atoms with Crippen molar-refractivity contribution in [1.29, 1.82) is 0 Å². The normalized spacial score (nSPS) is 12.0. The Kier molecular flexibility index (Phi) is 8.55. The van der Waals surface area contributed by atoms with E-state index in [1.165, 1.54) is 31.4 Å². The summed E-state index contributed by atoms with van der Waals surface area (Å²) in [6.07, 6.45) is -4.07. The van der Waals surface area contributed by atoms with Gasteiger partial charge in [0.2, 0.25) is 12.2 Å². The van der Waals surface area contributed by atoms with Crippen LogP contribution in [0.3, 0.4) is 0 Å². The van der Waals surface area contributed by atoms with Crippen molar-refractivity contribution in [2.45, 2.75) is 18.8 Å². The summed E-state index contributed by atoms with van der Waals surface area (Å²) in [5.74, 6) is -4.07. The van der Waals surface area contributed by atoms with Crippen LogP contribution < -0.4 is 10.1 Å². The van der Waals surface area contributed by atoms with E-state index in [4.69, 9.17) is 14.2 Å². The number of carbonyl (C=O) groups excluding carboxylic acids is 3. The van der Waals surface area contributed by atoms with Gasteiger partial charge in [-0.05, 0) is 30.3 Å². The molecule has 0 radical (unpaired) electrons. The molecule has 2 N–H and O–H groups in total. The van der Waals surface area contributed by atoms with Crippen molar-refractivity contribution < 1.29 is 38.5 Å². The number of hydrogen-bond donors (Lipinski definition) is 2. The van der Waals surface area contributed by atoms with E-state index in [2.05, 4.69) is 5.32 Å². The summed E-state index contributed by atoms with van der Waals surface area (Å²) in [4.78, 5) is 50.3. The summed E-state index contributed by atoms with van der Waals surface area (Å²) in [6, 6.07) is 22.3. The number of ether oxygens (including phenoxy) is 3. The quantitative estimate of drug-likeness (QED) is 0.427. The average molecular weight is 477 g/mol. The molecule has 2 atom stereocenters. The largest absolute Gasteiger partial charge is 0.496 e. The third-order valence-electron chi connectivity index (χ3n) is 4.91. The van der Waals surface area contributed by atoms with E-state index in [1.54, 1.807) is 60.7 Å². The summed E-state index contributed by atoms with van der Waals surface area (Å²) < 4.78 is 15.6. The minimum absolute atomic E-state index is 0.0544. The van der Waals surface area contributed by atoms with Gasteiger partial charge in [-0.1, -0.05) is 54.6 Å². The number of methoxy groups -OCH3 is 1. The van der Waals surface area contributed by atoms with E-state index in [1.807, 2.05) is 0 Å². The summed E-state index contributed by atoms with van der Waals surface area (Å²) in [6.45, 7) is -0.0544. The molecule has 0 saturated heterocycles. The summed E-state index contributed by atoms with van der Waals surface area (Å²) in [7, 11) is 1.47. The number of rotatable bonds is 10. The topological polar surface area (TPSA) is 128 Å². The lowest BCUT2D eigenvalue weighted by Gasteiger charge is -2.23. The molecule has 0 fully saturated rings. The predicted molar refractivity (Wildman–Crippen MR) is 124 cm³/mol. The van der Waals surface area contributed by atoms with Crippen LogP contribution in [0.5, 0.6) is 5.75 Å². The van der Waals surface area contributed by atoms with Crippen molar-refractivity contribution in [3.8, 4) is 5.75 Å². The lowest BCUT2D eigenvalue weighted by molar-refractivity contribution is -0.159. The van der Waals surface area contributed by atoms with Crippen LogP contribution in [0, 0.1) is 0 Å². The molecule has 180 valence electrons. The lowest BCUT2D eigenvalue weighted by Crippen LogP contribution is -2.50. The molecule has 3 aromatic rings. The maximum atomic E-state index is 13.1. The minimum atomic E-state index is -2.10. The molecule has 0 aliphatic heterocycles. The number of carbonyl (C=O) groups is 4. The Balaban J connectivity index is 1.85. The molecule has 35 heavy (non-hydrogen) atoms. The number of nitrogens with one attached hydrogen (secondary N) is 1. The van der Waals surface area contributed by atoms with Gasteiger partial charge in [-0.2, -0.15) is 0 Å². The molecule has 0 aliphatic rings. The summed E-state index contributed by atoms with van der Waals surface area (Å²) >= 11 is 0. The van der Waals surface area contributed by atoms with E-state index in [0.29, 0.717) is 11.3 Å². The molecule has 0 aliphatic carbocycles. The molecule has 2 unspecified atom stereocenters. The van der Waals surface area contributed by atoms with E-state index < -0.39 is 36.0 Å². The van der Waals surface area contributed by atoms with Crippen LogP contribution in [-0.4, -0.2) is 48.2 Å². The first-order chi connectivity index (χ1) is 16.9. The van der Waals surface area contributed by atoms with Crippen molar-refractivity contribution in [2.24, 2.45) is 0 Å². The Morgan fingerprint density at radius 3 is 1.74 bits per heavy atom. The molecule has 0 bridgehead atoms. The zero-order chi connectivity index (χ0) is 25.2. The van der Waals surface area contributed by atoms with E-state index in [0.717, 1.165) is 0 Å². The zero-order valence-electron chi connectivity index (χ0n) is 18.7. The van der Waals surface area contributed by atoms with Gasteiger partial charge in [0.05, 0.1) is 18.2 Å². The Bertz CT molecular complexity index is 1180. The number of benzene rings is 3. The van der Waals surface area contributed by atoms with Crippen LogP contribution in [0.15, 0.2) is 84.9 Å². The summed E-state index contributed by atoms with van der Waals surface area (Å²) in [5.41, 5.74) is 0.763. The van der Waals surface area contributed by atoms with Gasteiger partial charge in [0.25, 0.3) is 5.91 Å². The fourth-order valence-corrected chi connectivity index (χ4v) is 3.14.